The van der Waals surface area contributed by atoms with Gasteiger partial charge >= 0.3 is 0 Å². The highest BCUT2D eigenvalue weighted by atomic mass is 35.5. The lowest BCUT2D eigenvalue weighted by atomic mass is 10.0. The van der Waals surface area contributed by atoms with Gasteiger partial charge in [0.25, 0.3) is 0 Å². The number of halogens is 1. The van der Waals surface area contributed by atoms with Gasteiger partial charge in [0.2, 0.25) is 11.9 Å². The number of nitrogens with one attached hydrogen (secondary N) is 1. The molecule has 0 bridgehead atoms. The van der Waals surface area contributed by atoms with Crippen molar-refractivity contribution in [2.24, 2.45) is 5.73 Å². The third-order valence-electron chi connectivity index (χ3n) is 3.16. The number of hydrogen-bond acceptors (Lipinski definition) is 5. The van der Waals surface area contributed by atoms with E-state index in [1.807, 2.05) is 11.8 Å². The molecular weight excluding hydrogens is 266 g/mol. The molecule has 2 rings (SSSR count). The number of rotatable bonds is 4. The minimum absolute atomic E-state index is 0.334. The van der Waals surface area contributed by atoms with Crippen LogP contribution in [-0.4, -0.2) is 35.0 Å². The van der Waals surface area contributed by atoms with Gasteiger partial charge in [0.15, 0.2) is 5.82 Å². The minimum atomic E-state index is -0.337. The van der Waals surface area contributed by atoms with Crippen molar-refractivity contribution < 1.29 is 4.79 Å². The fraction of sp³-hybridized carbons (Fsp3) is 0.583. The standard InChI is InChI=1S/C12H18ClN5O/c1-2-15-12-16-7-8(13)11(17-12)18-6-4-3-5-9(18)10(14)19/h7,9H,2-6H2,1H3,(H2,14,19)(H,15,16,17). The Morgan fingerprint density at radius 3 is 3.11 bits per heavy atom. The Morgan fingerprint density at radius 2 is 2.42 bits per heavy atom. The Kier molecular flexibility index (Phi) is 4.42. The number of carbonyl (C=O) groups is 1. The smallest absolute Gasteiger partial charge is 0.240 e. The fourth-order valence-electron chi connectivity index (χ4n) is 2.28. The summed E-state index contributed by atoms with van der Waals surface area (Å²) in [6.45, 7) is 3.42. The van der Waals surface area contributed by atoms with Crippen LogP contribution in [0.15, 0.2) is 6.20 Å². The highest BCUT2D eigenvalue weighted by Gasteiger charge is 2.29. The number of nitrogens with two attached hydrogens (primary N) is 1. The van der Waals surface area contributed by atoms with Crippen molar-refractivity contribution in [1.82, 2.24) is 9.97 Å². The van der Waals surface area contributed by atoms with Crippen molar-refractivity contribution in [3.63, 3.8) is 0 Å². The second-order valence-corrected chi connectivity index (χ2v) is 4.91. The molecule has 104 valence electrons. The van der Waals surface area contributed by atoms with Crippen molar-refractivity contribution in [1.29, 1.82) is 0 Å². The molecule has 0 aromatic carbocycles. The van der Waals surface area contributed by atoms with E-state index in [4.69, 9.17) is 17.3 Å². The molecular formula is C12H18ClN5O. The first-order chi connectivity index (χ1) is 9.13. The Labute approximate surface area is 117 Å². The number of piperidine rings is 1. The molecule has 2 heterocycles. The molecule has 1 aromatic heterocycles. The predicted molar refractivity (Wildman–Crippen MR) is 75.4 cm³/mol. The quantitative estimate of drug-likeness (QED) is 0.873. The maximum Gasteiger partial charge on any atom is 0.240 e. The number of carbonyl (C=O) groups excluding carboxylic acids is 1. The third-order valence-corrected chi connectivity index (χ3v) is 3.43. The number of hydrogen-bond donors (Lipinski definition) is 2. The Balaban J connectivity index is 2.32. The molecule has 1 aliphatic rings. The summed E-state index contributed by atoms with van der Waals surface area (Å²) in [7, 11) is 0. The van der Waals surface area contributed by atoms with E-state index in [2.05, 4.69) is 15.3 Å². The van der Waals surface area contributed by atoms with Crippen LogP contribution < -0.4 is 16.0 Å². The van der Waals surface area contributed by atoms with Crippen LogP contribution in [0.3, 0.4) is 0 Å². The van der Waals surface area contributed by atoms with E-state index >= 15 is 0 Å². The molecule has 0 saturated carbocycles. The SMILES string of the molecule is CCNc1ncc(Cl)c(N2CCCCC2C(N)=O)n1. The summed E-state index contributed by atoms with van der Waals surface area (Å²) < 4.78 is 0. The van der Waals surface area contributed by atoms with Crippen LogP contribution in [0.25, 0.3) is 0 Å². The van der Waals surface area contributed by atoms with Gasteiger partial charge in [-0.05, 0) is 26.2 Å². The average molecular weight is 284 g/mol. The lowest BCUT2D eigenvalue weighted by Gasteiger charge is -2.35. The topological polar surface area (TPSA) is 84.1 Å². The monoisotopic (exact) mass is 283 g/mol. The Hall–Kier alpha value is -1.56. The molecule has 6 nitrogen and oxygen atoms in total. The zero-order valence-corrected chi connectivity index (χ0v) is 11.7. The van der Waals surface area contributed by atoms with Crippen LogP contribution >= 0.6 is 11.6 Å². The molecule has 1 aromatic rings. The molecule has 19 heavy (non-hydrogen) atoms. The Morgan fingerprint density at radius 1 is 1.63 bits per heavy atom. The van der Waals surface area contributed by atoms with Crippen molar-refractivity contribution in [3.8, 4) is 0 Å². The molecule has 1 unspecified atom stereocenters. The molecule has 0 spiro atoms. The molecule has 1 atom stereocenters. The molecule has 0 aliphatic carbocycles. The Bertz CT molecular complexity index is 467. The number of anilines is 2. The molecule has 1 saturated heterocycles. The van der Waals surface area contributed by atoms with E-state index < -0.39 is 0 Å². The second-order valence-electron chi connectivity index (χ2n) is 4.50. The van der Waals surface area contributed by atoms with Crippen LogP contribution in [0.4, 0.5) is 11.8 Å². The van der Waals surface area contributed by atoms with E-state index in [0.29, 0.717) is 16.8 Å². The van der Waals surface area contributed by atoms with E-state index in [1.54, 1.807) is 6.20 Å². The fourth-order valence-corrected chi connectivity index (χ4v) is 2.48. The zero-order chi connectivity index (χ0) is 13.8. The minimum Gasteiger partial charge on any atom is -0.368 e. The number of nitrogens with zero attached hydrogens (tertiary/aromatic N) is 3. The molecule has 0 radical (unpaired) electrons. The van der Waals surface area contributed by atoms with Gasteiger partial charge in [-0.25, -0.2) is 4.98 Å². The lowest BCUT2D eigenvalue weighted by molar-refractivity contribution is -0.119. The summed E-state index contributed by atoms with van der Waals surface area (Å²) in [6.07, 6.45) is 4.29. The van der Waals surface area contributed by atoms with Gasteiger partial charge < -0.3 is 16.0 Å². The van der Waals surface area contributed by atoms with E-state index in [-0.39, 0.29) is 11.9 Å². The summed E-state index contributed by atoms with van der Waals surface area (Å²) >= 11 is 6.15. The van der Waals surface area contributed by atoms with Crippen molar-refractivity contribution in [3.05, 3.63) is 11.2 Å². The van der Waals surface area contributed by atoms with Crippen molar-refractivity contribution in [2.75, 3.05) is 23.3 Å². The molecule has 3 N–H and O–H groups in total. The maximum absolute atomic E-state index is 11.5. The van der Waals surface area contributed by atoms with Crippen LogP contribution in [0.1, 0.15) is 26.2 Å². The summed E-state index contributed by atoms with van der Waals surface area (Å²) in [5.41, 5.74) is 5.46. The first-order valence-corrected chi connectivity index (χ1v) is 6.83. The molecule has 1 fully saturated rings. The molecule has 1 aliphatic heterocycles. The third kappa shape index (κ3) is 3.07. The average Bonchev–Trinajstić information content (AvgIpc) is 2.41. The van der Waals surface area contributed by atoms with E-state index in [9.17, 15) is 4.79 Å². The predicted octanol–water partition coefficient (Wildman–Crippen LogP) is 1.41. The molecule has 7 heteroatoms. The van der Waals surface area contributed by atoms with Crippen LogP contribution in [-0.2, 0) is 4.79 Å². The van der Waals surface area contributed by atoms with Gasteiger partial charge in [-0.2, -0.15) is 4.98 Å². The number of amides is 1. The van der Waals surface area contributed by atoms with Crippen LogP contribution in [0.5, 0.6) is 0 Å². The second kappa shape index (κ2) is 6.06. The van der Waals surface area contributed by atoms with Crippen molar-refractivity contribution >= 4 is 29.3 Å². The van der Waals surface area contributed by atoms with Crippen LogP contribution in [0.2, 0.25) is 5.02 Å². The first-order valence-electron chi connectivity index (χ1n) is 6.46. The van der Waals surface area contributed by atoms with E-state index in [0.717, 1.165) is 32.4 Å². The van der Waals surface area contributed by atoms with Crippen LogP contribution in [0, 0.1) is 0 Å². The summed E-state index contributed by atoms with van der Waals surface area (Å²) in [5, 5.41) is 3.47. The lowest BCUT2D eigenvalue weighted by Crippen LogP contribution is -2.48. The molecule has 1 amide bonds. The van der Waals surface area contributed by atoms with Gasteiger partial charge in [0.05, 0.1) is 6.20 Å². The van der Waals surface area contributed by atoms with Gasteiger partial charge in [0, 0.05) is 13.1 Å². The van der Waals surface area contributed by atoms with Crippen molar-refractivity contribution in [2.45, 2.75) is 32.2 Å². The highest BCUT2D eigenvalue weighted by molar-refractivity contribution is 6.32. The zero-order valence-electron chi connectivity index (χ0n) is 10.9. The van der Waals surface area contributed by atoms with Gasteiger partial charge in [0.1, 0.15) is 11.1 Å². The van der Waals surface area contributed by atoms with Gasteiger partial charge in [-0.1, -0.05) is 11.6 Å². The van der Waals surface area contributed by atoms with Gasteiger partial charge in [-0.15, -0.1) is 0 Å². The summed E-state index contributed by atoms with van der Waals surface area (Å²) in [6, 6.07) is -0.337. The van der Waals surface area contributed by atoms with E-state index in [1.165, 1.54) is 0 Å². The van der Waals surface area contributed by atoms with Gasteiger partial charge in [-0.3, -0.25) is 4.79 Å². The largest absolute Gasteiger partial charge is 0.368 e. The highest BCUT2D eigenvalue weighted by Crippen LogP contribution is 2.29. The number of primary amides is 1. The first kappa shape index (κ1) is 13.9. The normalized spacial score (nSPS) is 19.3. The maximum atomic E-state index is 11.5. The number of aromatic nitrogens is 2. The summed E-state index contributed by atoms with van der Waals surface area (Å²) in [5.74, 6) is 0.756. The summed E-state index contributed by atoms with van der Waals surface area (Å²) in [4.78, 5) is 21.9.